The van der Waals surface area contributed by atoms with Gasteiger partial charge in [0.05, 0.1) is 0 Å². The molecular weight excluding hydrogens is 218 g/mol. The van der Waals surface area contributed by atoms with Crippen LogP contribution in [0.3, 0.4) is 0 Å². The van der Waals surface area contributed by atoms with Crippen LogP contribution < -0.4 is 0 Å². The van der Waals surface area contributed by atoms with E-state index in [1.165, 1.54) is 38.9 Å². The van der Waals surface area contributed by atoms with Gasteiger partial charge in [0.1, 0.15) is 0 Å². The molecule has 0 spiro atoms. The zero-order valence-electron chi connectivity index (χ0n) is 9.77. The lowest BCUT2D eigenvalue weighted by Gasteiger charge is -2.19. The molecule has 1 N–H and O–H groups in total. The first-order valence-corrected chi connectivity index (χ1v) is 6.62. The summed E-state index contributed by atoms with van der Waals surface area (Å²) in [6.07, 6.45) is 3.88. The topological polar surface area (TPSA) is 80.7 Å². The van der Waals surface area contributed by atoms with Gasteiger partial charge in [-0.2, -0.15) is 0 Å². The average molecular weight is 240 g/mol. The molecule has 0 aliphatic heterocycles. The van der Waals surface area contributed by atoms with Gasteiger partial charge in [-0.05, 0) is 38.9 Å². The monoisotopic (exact) mass is 240 g/mol. The molecule has 0 amide bonds. The van der Waals surface area contributed by atoms with Crippen LogP contribution in [0.15, 0.2) is 0 Å². The van der Waals surface area contributed by atoms with E-state index in [1.54, 1.807) is 0 Å². The highest BCUT2D eigenvalue weighted by Gasteiger charge is 1.98. The molecule has 0 saturated heterocycles. The Hall–Kier alpha value is -0.170. The van der Waals surface area contributed by atoms with Crippen LogP contribution in [0.2, 0.25) is 0 Å². The molecule has 0 atom stereocenters. The zero-order valence-corrected chi connectivity index (χ0v) is 10.6. The second-order valence-corrected chi connectivity index (χ2v) is 4.12. The van der Waals surface area contributed by atoms with E-state index in [-0.39, 0.29) is 0 Å². The normalized spacial score (nSPS) is 11.1. The van der Waals surface area contributed by atoms with E-state index in [0.717, 1.165) is 0 Å². The second kappa shape index (κ2) is 10.4. The van der Waals surface area contributed by atoms with Crippen molar-refractivity contribution >= 4 is 10.4 Å². The van der Waals surface area contributed by atoms with Gasteiger partial charge < -0.3 is 9.45 Å². The van der Waals surface area contributed by atoms with E-state index >= 15 is 0 Å². The van der Waals surface area contributed by atoms with Crippen molar-refractivity contribution < 1.29 is 17.5 Å². The third-order valence-corrected chi connectivity index (χ3v) is 1.62. The predicted octanol–water partition coefficient (Wildman–Crippen LogP) is 1.52. The Labute approximate surface area is 93.1 Å². The van der Waals surface area contributed by atoms with Gasteiger partial charge >= 0.3 is 0 Å². The van der Waals surface area contributed by atoms with E-state index in [9.17, 15) is 0 Å². The zero-order chi connectivity index (χ0) is 12.3. The minimum atomic E-state index is -4.92. The molecule has 6 heteroatoms. The van der Waals surface area contributed by atoms with E-state index < -0.39 is 10.4 Å². The Morgan fingerprint density at radius 2 is 1.20 bits per heavy atom. The van der Waals surface area contributed by atoms with Gasteiger partial charge in [0.2, 0.25) is 10.4 Å². The Kier molecular flexibility index (Phi) is 11.9. The molecule has 0 aliphatic rings. The van der Waals surface area contributed by atoms with Crippen molar-refractivity contribution in [1.82, 2.24) is 4.90 Å². The largest absolute Gasteiger partial charge is 0.726 e. The van der Waals surface area contributed by atoms with Gasteiger partial charge in [-0.3, -0.25) is 4.55 Å². The van der Waals surface area contributed by atoms with Crippen LogP contribution in [0.4, 0.5) is 0 Å². The standard InChI is InChI=1S/C9H21N.H2O4S/c1-4-7-10(8-5-2)9-6-3;1-5(2,3)4/h4-9H2,1-3H3;(H2,1,2,3,4)/p-1. The fourth-order valence-corrected chi connectivity index (χ4v) is 1.28. The molecule has 0 fully saturated rings. The molecule has 0 radical (unpaired) electrons. The fourth-order valence-electron chi connectivity index (χ4n) is 1.28. The van der Waals surface area contributed by atoms with E-state index in [1.807, 2.05) is 0 Å². The van der Waals surface area contributed by atoms with Crippen LogP contribution in [-0.4, -0.2) is 42.1 Å². The Morgan fingerprint density at radius 3 is 1.33 bits per heavy atom. The third kappa shape index (κ3) is 24.8. The van der Waals surface area contributed by atoms with Crippen LogP contribution >= 0.6 is 0 Å². The van der Waals surface area contributed by atoms with Gasteiger partial charge in [0, 0.05) is 0 Å². The summed E-state index contributed by atoms with van der Waals surface area (Å²) >= 11 is 0. The van der Waals surface area contributed by atoms with E-state index in [0.29, 0.717) is 0 Å². The molecule has 94 valence electrons. The molecule has 0 saturated carbocycles. The number of rotatable bonds is 6. The summed E-state index contributed by atoms with van der Waals surface area (Å²) in [5.74, 6) is 0. The Bertz CT molecular complexity index is 194. The predicted molar refractivity (Wildman–Crippen MR) is 59.6 cm³/mol. The van der Waals surface area contributed by atoms with Crippen molar-refractivity contribution in [3.8, 4) is 0 Å². The number of hydrogen-bond donors (Lipinski definition) is 1. The van der Waals surface area contributed by atoms with E-state index in [4.69, 9.17) is 17.5 Å². The van der Waals surface area contributed by atoms with Crippen molar-refractivity contribution in [3.63, 3.8) is 0 Å². The summed E-state index contributed by atoms with van der Waals surface area (Å²) in [5, 5.41) is 0. The van der Waals surface area contributed by atoms with Crippen molar-refractivity contribution in [3.05, 3.63) is 0 Å². The summed E-state index contributed by atoms with van der Waals surface area (Å²) in [6.45, 7) is 10.6. The average Bonchev–Trinajstić information content (AvgIpc) is 2.02. The molecule has 5 nitrogen and oxygen atoms in total. The molecule has 0 bridgehead atoms. The van der Waals surface area contributed by atoms with Crippen LogP contribution in [-0.2, 0) is 10.4 Å². The lowest BCUT2D eigenvalue weighted by molar-refractivity contribution is 0.275. The van der Waals surface area contributed by atoms with Crippen molar-refractivity contribution in [2.45, 2.75) is 40.0 Å². The third-order valence-electron chi connectivity index (χ3n) is 1.62. The number of hydrogen-bond acceptors (Lipinski definition) is 4. The molecule has 0 aliphatic carbocycles. The summed E-state index contributed by atoms with van der Waals surface area (Å²) in [4.78, 5) is 2.54. The van der Waals surface area contributed by atoms with Gasteiger partial charge in [-0.1, -0.05) is 20.8 Å². The van der Waals surface area contributed by atoms with Crippen LogP contribution in [0, 0.1) is 0 Å². The van der Waals surface area contributed by atoms with Gasteiger partial charge in [-0.25, -0.2) is 8.42 Å². The fraction of sp³-hybridized carbons (Fsp3) is 1.00. The first kappa shape index (κ1) is 17.2. The molecule has 0 aromatic carbocycles. The minimum absolute atomic E-state index is 1.28. The summed E-state index contributed by atoms with van der Waals surface area (Å²) in [6, 6.07) is 0. The van der Waals surface area contributed by atoms with Gasteiger partial charge in [0.25, 0.3) is 0 Å². The molecular formula is C9H22NO4S-. The molecule has 0 aromatic heterocycles. The maximum atomic E-state index is 8.63. The highest BCUT2D eigenvalue weighted by atomic mass is 32.3. The first-order chi connectivity index (χ1) is 6.85. The molecule has 0 heterocycles. The van der Waals surface area contributed by atoms with Crippen LogP contribution in [0.1, 0.15) is 40.0 Å². The second-order valence-electron chi connectivity index (χ2n) is 3.27. The first-order valence-electron chi connectivity index (χ1n) is 5.25. The van der Waals surface area contributed by atoms with Crippen molar-refractivity contribution in [1.29, 1.82) is 0 Å². The quantitative estimate of drug-likeness (QED) is 0.562. The molecule has 15 heavy (non-hydrogen) atoms. The van der Waals surface area contributed by atoms with Gasteiger partial charge in [0.15, 0.2) is 0 Å². The summed E-state index contributed by atoms with van der Waals surface area (Å²) in [5.41, 5.74) is 0. The maximum Gasteiger partial charge on any atom is 0.215 e. The maximum absolute atomic E-state index is 8.63. The lowest BCUT2D eigenvalue weighted by atomic mass is 10.3. The SMILES string of the molecule is CCCN(CCC)CCC.O=S(=O)([O-])O. The molecule has 0 aromatic rings. The van der Waals surface area contributed by atoms with Crippen molar-refractivity contribution in [2.75, 3.05) is 19.6 Å². The molecule has 0 unspecified atom stereocenters. The minimum Gasteiger partial charge on any atom is -0.726 e. The smallest absolute Gasteiger partial charge is 0.215 e. The highest BCUT2D eigenvalue weighted by Crippen LogP contribution is 1.94. The lowest BCUT2D eigenvalue weighted by Crippen LogP contribution is -2.25. The number of nitrogens with zero attached hydrogens (tertiary/aromatic N) is 1. The Morgan fingerprint density at radius 1 is 1.00 bits per heavy atom. The molecule has 0 rings (SSSR count). The summed E-state index contributed by atoms with van der Waals surface area (Å²) in [7, 11) is -4.92. The van der Waals surface area contributed by atoms with Crippen LogP contribution in [0.25, 0.3) is 0 Å². The summed E-state index contributed by atoms with van der Waals surface area (Å²) < 4.78 is 32.8. The van der Waals surface area contributed by atoms with E-state index in [2.05, 4.69) is 25.7 Å². The van der Waals surface area contributed by atoms with Crippen LogP contribution in [0.5, 0.6) is 0 Å². The Balaban J connectivity index is 0. The highest BCUT2D eigenvalue weighted by molar-refractivity contribution is 7.79. The van der Waals surface area contributed by atoms with Crippen molar-refractivity contribution in [2.24, 2.45) is 0 Å². The van der Waals surface area contributed by atoms with Gasteiger partial charge in [-0.15, -0.1) is 0 Å².